The molecule has 7 nitrogen and oxygen atoms in total. The number of carbonyl (C=O) groups excluding carboxylic acids is 2. The monoisotopic (exact) mass is 488 g/mol. The summed E-state index contributed by atoms with van der Waals surface area (Å²) >= 11 is 0. The van der Waals surface area contributed by atoms with Crippen LogP contribution >= 0.6 is 0 Å². The van der Waals surface area contributed by atoms with Crippen LogP contribution in [0.3, 0.4) is 0 Å². The van der Waals surface area contributed by atoms with Gasteiger partial charge in [-0.3, -0.25) is 9.59 Å². The number of hydrogen-bond donors (Lipinski definition) is 0. The van der Waals surface area contributed by atoms with Gasteiger partial charge in [0.25, 0.3) is 0 Å². The van der Waals surface area contributed by atoms with Crippen molar-refractivity contribution in [3.63, 3.8) is 0 Å². The molecule has 0 saturated carbocycles. The van der Waals surface area contributed by atoms with E-state index >= 15 is 0 Å². The van der Waals surface area contributed by atoms with Crippen LogP contribution in [0.4, 0.5) is 0 Å². The molecule has 2 aromatic rings. The molecule has 0 radical (unpaired) electrons. The second-order valence-electron chi connectivity index (χ2n) is 7.61. The average Bonchev–Trinajstić information content (AvgIpc) is 2.86. The third-order valence-corrected chi connectivity index (χ3v) is 8.60. The highest BCUT2D eigenvalue weighted by molar-refractivity contribution is 6.60. The minimum atomic E-state index is -2.87. The van der Waals surface area contributed by atoms with Crippen molar-refractivity contribution in [3.05, 3.63) is 59.7 Å². The van der Waals surface area contributed by atoms with Gasteiger partial charge in [0.2, 0.25) is 0 Å². The van der Waals surface area contributed by atoms with Crippen LogP contribution < -0.4 is 9.47 Å². The van der Waals surface area contributed by atoms with Crippen LogP contribution in [0.15, 0.2) is 48.5 Å². The third-order valence-electron chi connectivity index (χ3n) is 5.45. The minimum Gasteiger partial charge on any atom is -0.497 e. The van der Waals surface area contributed by atoms with Crippen molar-refractivity contribution in [1.29, 1.82) is 0 Å². The second-order valence-corrected chi connectivity index (χ2v) is 10.3. The molecule has 0 aliphatic carbocycles. The molecular weight excluding hydrogens is 452 g/mol. The Bertz CT molecular complexity index is 820. The molecule has 0 unspecified atom stereocenters. The van der Waals surface area contributed by atoms with Crippen molar-refractivity contribution in [2.45, 2.75) is 39.7 Å². The Kier molecular flexibility index (Phi) is 11.4. The van der Waals surface area contributed by atoms with Gasteiger partial charge in [0.05, 0.1) is 20.1 Å². The summed E-state index contributed by atoms with van der Waals surface area (Å²) in [5.41, 5.74) is 0.936. The number of ketones is 2. The maximum Gasteiger partial charge on any atom is 0.500 e. The number of Topliss-reactive ketones (excluding diaryl/α,β-unsaturated/α-hetero) is 2. The normalized spacial score (nSPS) is 11.5. The number of rotatable bonds is 16. The van der Waals surface area contributed by atoms with Crippen LogP contribution in [0.1, 0.15) is 54.3 Å². The molecule has 186 valence electrons. The second kappa shape index (κ2) is 14.0. The molecule has 0 spiro atoms. The lowest BCUT2D eigenvalue weighted by atomic mass is 9.86. The summed E-state index contributed by atoms with van der Waals surface area (Å²) in [6.07, 6.45) is 0.915. The summed E-state index contributed by atoms with van der Waals surface area (Å²) in [6.45, 7) is 7.15. The Morgan fingerprint density at radius 3 is 1.41 bits per heavy atom. The van der Waals surface area contributed by atoms with E-state index in [0.717, 1.165) is 0 Å². The van der Waals surface area contributed by atoms with E-state index in [0.29, 0.717) is 61.3 Å². The van der Waals surface area contributed by atoms with Gasteiger partial charge in [-0.05, 0) is 82.1 Å². The van der Waals surface area contributed by atoms with E-state index in [1.807, 2.05) is 20.8 Å². The summed E-state index contributed by atoms with van der Waals surface area (Å²) in [4.78, 5) is 26.9. The highest BCUT2D eigenvalue weighted by atomic mass is 28.4. The van der Waals surface area contributed by atoms with E-state index in [1.54, 1.807) is 62.8 Å². The first-order valence-electron chi connectivity index (χ1n) is 11.7. The first kappa shape index (κ1) is 27.7. The van der Waals surface area contributed by atoms with E-state index < -0.39 is 14.7 Å². The van der Waals surface area contributed by atoms with E-state index in [1.165, 1.54) is 0 Å². The SMILES string of the molecule is CCO[Si](CCCC(C(=O)c1ccc(OC)cc1)C(=O)c1ccc(OC)cc1)(OCC)OCC. The van der Waals surface area contributed by atoms with Crippen LogP contribution in [0, 0.1) is 5.92 Å². The average molecular weight is 489 g/mol. The van der Waals surface area contributed by atoms with Crippen molar-refractivity contribution in [2.75, 3.05) is 34.0 Å². The number of carbonyl (C=O) groups is 2. The van der Waals surface area contributed by atoms with Crippen LogP contribution in [0.5, 0.6) is 11.5 Å². The van der Waals surface area contributed by atoms with Gasteiger partial charge in [-0.1, -0.05) is 0 Å². The van der Waals surface area contributed by atoms with Gasteiger partial charge in [0, 0.05) is 37.0 Å². The third kappa shape index (κ3) is 7.49. The van der Waals surface area contributed by atoms with E-state index in [9.17, 15) is 9.59 Å². The predicted molar refractivity (Wildman–Crippen MR) is 133 cm³/mol. The fraction of sp³-hybridized carbons (Fsp3) is 0.462. The molecule has 0 saturated heterocycles. The quantitative estimate of drug-likeness (QED) is 0.182. The molecule has 8 heteroatoms. The highest BCUT2D eigenvalue weighted by Crippen LogP contribution is 2.26. The van der Waals surface area contributed by atoms with Gasteiger partial charge in [-0.25, -0.2) is 0 Å². The molecule has 0 fully saturated rings. The molecule has 0 aliphatic rings. The maximum atomic E-state index is 13.4. The Labute approximate surface area is 203 Å². The van der Waals surface area contributed by atoms with E-state index in [-0.39, 0.29) is 11.6 Å². The maximum absolute atomic E-state index is 13.4. The Morgan fingerprint density at radius 2 is 1.09 bits per heavy atom. The van der Waals surface area contributed by atoms with E-state index in [2.05, 4.69) is 0 Å². The molecule has 0 amide bonds. The van der Waals surface area contributed by atoms with Gasteiger partial charge in [-0.2, -0.15) is 0 Å². The number of ether oxygens (including phenoxy) is 2. The smallest absolute Gasteiger partial charge is 0.497 e. The highest BCUT2D eigenvalue weighted by Gasteiger charge is 2.40. The first-order chi connectivity index (χ1) is 16.4. The molecule has 0 N–H and O–H groups in total. The van der Waals surface area contributed by atoms with Crippen molar-refractivity contribution in [3.8, 4) is 11.5 Å². The lowest BCUT2D eigenvalue weighted by molar-refractivity contribution is 0.0684. The molecule has 2 aromatic carbocycles. The molecule has 0 atom stereocenters. The zero-order chi connectivity index (χ0) is 25.0. The summed E-state index contributed by atoms with van der Waals surface area (Å²) in [5, 5.41) is 0. The van der Waals surface area contributed by atoms with Crippen molar-refractivity contribution in [1.82, 2.24) is 0 Å². The standard InChI is InChI=1S/C26H36O7Si/c1-6-31-34(32-7-2,33-8-3)19-9-10-24(25(27)20-11-15-22(29-4)16-12-20)26(28)21-13-17-23(30-5)18-14-21/h11-18,24H,6-10,19H2,1-5H3. The number of hydrogen-bond acceptors (Lipinski definition) is 7. The van der Waals surface area contributed by atoms with Gasteiger partial charge in [-0.15, -0.1) is 0 Å². The lowest BCUT2D eigenvalue weighted by Gasteiger charge is -2.28. The molecule has 0 aliphatic heterocycles. The van der Waals surface area contributed by atoms with Gasteiger partial charge < -0.3 is 22.8 Å². The topological polar surface area (TPSA) is 80.3 Å². The largest absolute Gasteiger partial charge is 0.500 e. The van der Waals surface area contributed by atoms with Crippen LogP contribution in [-0.2, 0) is 13.3 Å². The molecule has 0 aromatic heterocycles. The van der Waals surface area contributed by atoms with Gasteiger partial charge >= 0.3 is 8.80 Å². The summed E-state index contributed by atoms with van der Waals surface area (Å²) in [5.74, 6) is 0.0179. The fourth-order valence-electron chi connectivity index (χ4n) is 3.82. The summed E-state index contributed by atoms with van der Waals surface area (Å²) in [6, 6.07) is 14.2. The molecule has 34 heavy (non-hydrogen) atoms. The first-order valence-corrected chi connectivity index (χ1v) is 13.6. The van der Waals surface area contributed by atoms with Crippen LogP contribution in [0.25, 0.3) is 0 Å². The fourth-order valence-corrected chi connectivity index (χ4v) is 6.46. The zero-order valence-electron chi connectivity index (χ0n) is 20.8. The van der Waals surface area contributed by atoms with Gasteiger partial charge in [0.15, 0.2) is 11.6 Å². The molecule has 0 bridgehead atoms. The van der Waals surface area contributed by atoms with Crippen molar-refractivity contribution >= 4 is 20.4 Å². The molecule has 2 rings (SSSR count). The van der Waals surface area contributed by atoms with Crippen LogP contribution in [0.2, 0.25) is 6.04 Å². The molecular formula is C26H36O7Si. The number of benzene rings is 2. The summed E-state index contributed by atoms with van der Waals surface area (Å²) in [7, 11) is 0.264. The predicted octanol–water partition coefficient (Wildman–Crippen LogP) is 5.21. The van der Waals surface area contributed by atoms with Crippen molar-refractivity contribution in [2.24, 2.45) is 5.92 Å². The van der Waals surface area contributed by atoms with Crippen molar-refractivity contribution < 1.29 is 32.3 Å². The Morgan fingerprint density at radius 1 is 0.706 bits per heavy atom. The Balaban J connectivity index is 2.27. The molecule has 0 heterocycles. The minimum absolute atomic E-state index is 0.222. The van der Waals surface area contributed by atoms with Crippen LogP contribution in [-0.4, -0.2) is 54.4 Å². The summed E-state index contributed by atoms with van der Waals surface area (Å²) < 4.78 is 28.2. The lowest BCUT2D eigenvalue weighted by Crippen LogP contribution is -2.46. The van der Waals surface area contributed by atoms with E-state index in [4.69, 9.17) is 22.8 Å². The van der Waals surface area contributed by atoms with Gasteiger partial charge in [0.1, 0.15) is 11.5 Å². The zero-order valence-corrected chi connectivity index (χ0v) is 21.8. The number of methoxy groups -OCH3 is 2. The Hall–Kier alpha value is -2.52.